The Morgan fingerprint density at radius 3 is 2.66 bits per heavy atom. The van der Waals surface area contributed by atoms with Gasteiger partial charge in [-0.15, -0.1) is 0 Å². The van der Waals surface area contributed by atoms with Crippen LogP contribution in [0.25, 0.3) is 21.7 Å². The van der Waals surface area contributed by atoms with Crippen molar-refractivity contribution >= 4 is 27.7 Å². The smallest absolute Gasteiger partial charge is 0.342 e. The molecule has 0 unspecified atom stereocenters. The van der Waals surface area contributed by atoms with Crippen LogP contribution in [0, 0.1) is 0 Å². The maximum atomic E-state index is 12.9. The molecule has 156 valence electrons. The van der Waals surface area contributed by atoms with Gasteiger partial charge in [0.05, 0.1) is 6.20 Å². The lowest BCUT2D eigenvalue weighted by Crippen LogP contribution is -2.09. The van der Waals surface area contributed by atoms with Crippen LogP contribution < -0.4 is 10.4 Å². The van der Waals surface area contributed by atoms with Gasteiger partial charge in [0.2, 0.25) is 0 Å². The minimum Gasteiger partial charge on any atom is -0.457 e. The van der Waals surface area contributed by atoms with Crippen molar-refractivity contribution in [2.24, 2.45) is 0 Å². The number of ether oxygens (including phenoxy) is 2. The molecule has 0 spiro atoms. The molecule has 2 heterocycles. The van der Waals surface area contributed by atoms with Crippen molar-refractivity contribution in [2.45, 2.75) is 6.61 Å². The van der Waals surface area contributed by atoms with Crippen molar-refractivity contribution in [2.75, 3.05) is 0 Å². The molecule has 0 aliphatic carbocycles. The van der Waals surface area contributed by atoms with E-state index in [-0.39, 0.29) is 12.2 Å². The average molecular weight is 423 g/mol. The molecule has 0 bridgehead atoms. The SMILES string of the molecule is O=C(OCc1cc(=O)oc2ccc3ccccc3c12)c1ccccc1Oc1cccnc1. The Kier molecular flexibility index (Phi) is 5.09. The number of fused-ring (bicyclic) bond motifs is 3. The molecule has 0 atom stereocenters. The van der Waals surface area contributed by atoms with Gasteiger partial charge in [-0.2, -0.15) is 0 Å². The van der Waals surface area contributed by atoms with Crippen LogP contribution in [0.2, 0.25) is 0 Å². The van der Waals surface area contributed by atoms with Crippen LogP contribution in [0.15, 0.2) is 100 Å². The van der Waals surface area contributed by atoms with Crippen molar-refractivity contribution in [3.8, 4) is 11.5 Å². The normalized spacial score (nSPS) is 10.9. The van der Waals surface area contributed by atoms with E-state index in [1.807, 2.05) is 30.3 Å². The molecule has 32 heavy (non-hydrogen) atoms. The number of carbonyl (C=O) groups is 1. The van der Waals surface area contributed by atoms with Gasteiger partial charge in [-0.3, -0.25) is 4.98 Å². The van der Waals surface area contributed by atoms with Crippen molar-refractivity contribution in [1.82, 2.24) is 4.98 Å². The number of pyridine rings is 1. The summed E-state index contributed by atoms with van der Waals surface area (Å²) in [7, 11) is 0. The van der Waals surface area contributed by atoms with Crippen LogP contribution >= 0.6 is 0 Å². The Balaban J connectivity index is 1.46. The Morgan fingerprint density at radius 1 is 0.938 bits per heavy atom. The minimum absolute atomic E-state index is 0.0871. The maximum absolute atomic E-state index is 12.9. The van der Waals surface area contributed by atoms with E-state index in [1.165, 1.54) is 6.07 Å². The Morgan fingerprint density at radius 2 is 1.78 bits per heavy atom. The third-order valence-corrected chi connectivity index (χ3v) is 5.04. The van der Waals surface area contributed by atoms with Crippen LogP contribution in [0.4, 0.5) is 0 Å². The Labute approximate surface area is 182 Å². The molecule has 6 nitrogen and oxygen atoms in total. The van der Waals surface area contributed by atoms with Gasteiger partial charge in [-0.05, 0) is 41.1 Å². The Bertz CT molecular complexity index is 1490. The molecule has 2 aromatic heterocycles. The number of nitrogens with zero attached hydrogens (tertiary/aromatic N) is 1. The number of esters is 1. The van der Waals surface area contributed by atoms with Crippen LogP contribution in [0.1, 0.15) is 15.9 Å². The van der Waals surface area contributed by atoms with E-state index in [9.17, 15) is 9.59 Å². The first-order chi connectivity index (χ1) is 15.7. The summed E-state index contributed by atoms with van der Waals surface area (Å²) < 4.78 is 16.8. The fourth-order valence-corrected chi connectivity index (χ4v) is 3.61. The predicted octanol–water partition coefficient (Wildman–Crippen LogP) is 5.49. The number of hydrogen-bond donors (Lipinski definition) is 0. The molecule has 0 fully saturated rings. The number of benzene rings is 3. The number of hydrogen-bond acceptors (Lipinski definition) is 6. The third-order valence-electron chi connectivity index (χ3n) is 5.04. The molecule has 0 amide bonds. The first kappa shape index (κ1) is 19.5. The fraction of sp³-hybridized carbons (Fsp3) is 0.0385. The van der Waals surface area contributed by atoms with E-state index >= 15 is 0 Å². The van der Waals surface area contributed by atoms with Crippen molar-refractivity contribution in [1.29, 1.82) is 0 Å². The van der Waals surface area contributed by atoms with Gasteiger partial charge in [-0.25, -0.2) is 9.59 Å². The van der Waals surface area contributed by atoms with Crippen LogP contribution in [0.5, 0.6) is 11.5 Å². The van der Waals surface area contributed by atoms with E-state index in [0.717, 1.165) is 16.2 Å². The van der Waals surface area contributed by atoms with Gasteiger partial charge < -0.3 is 13.9 Å². The monoisotopic (exact) mass is 423 g/mol. The van der Waals surface area contributed by atoms with Gasteiger partial charge in [0.25, 0.3) is 0 Å². The van der Waals surface area contributed by atoms with Crippen LogP contribution in [0.3, 0.4) is 0 Å². The average Bonchev–Trinajstić information content (AvgIpc) is 2.83. The molecular weight excluding hydrogens is 406 g/mol. The summed E-state index contributed by atoms with van der Waals surface area (Å²) >= 11 is 0. The number of para-hydroxylation sites is 1. The summed E-state index contributed by atoms with van der Waals surface area (Å²) in [6, 6.07) is 23.1. The molecule has 0 aliphatic heterocycles. The Hall–Kier alpha value is -4.45. The first-order valence-corrected chi connectivity index (χ1v) is 9.97. The lowest BCUT2D eigenvalue weighted by Gasteiger charge is -2.12. The molecule has 0 N–H and O–H groups in total. The number of carbonyl (C=O) groups excluding carboxylic acids is 1. The largest absolute Gasteiger partial charge is 0.457 e. The van der Waals surface area contributed by atoms with Gasteiger partial charge in [0, 0.05) is 23.2 Å². The van der Waals surface area contributed by atoms with E-state index in [1.54, 1.807) is 54.9 Å². The van der Waals surface area contributed by atoms with E-state index in [2.05, 4.69) is 4.98 Å². The van der Waals surface area contributed by atoms with Gasteiger partial charge in [0.1, 0.15) is 29.3 Å². The summed E-state index contributed by atoms with van der Waals surface area (Å²) in [6.07, 6.45) is 3.19. The van der Waals surface area contributed by atoms with Gasteiger partial charge in [-0.1, -0.05) is 42.5 Å². The topological polar surface area (TPSA) is 78.6 Å². The first-order valence-electron chi connectivity index (χ1n) is 9.97. The van der Waals surface area contributed by atoms with Crippen molar-refractivity contribution in [3.05, 3.63) is 113 Å². The zero-order chi connectivity index (χ0) is 21.9. The zero-order valence-electron chi connectivity index (χ0n) is 16.9. The molecule has 0 saturated heterocycles. The van der Waals surface area contributed by atoms with E-state index in [0.29, 0.717) is 22.6 Å². The van der Waals surface area contributed by atoms with Crippen molar-refractivity contribution < 1.29 is 18.7 Å². The molecule has 0 aliphatic rings. The lowest BCUT2D eigenvalue weighted by molar-refractivity contribution is 0.0471. The highest BCUT2D eigenvalue weighted by Crippen LogP contribution is 2.29. The predicted molar refractivity (Wildman–Crippen MR) is 120 cm³/mol. The standard InChI is InChI=1S/C26H17NO5/c28-24-14-18(25-20-8-2-1-6-17(20)11-12-23(25)32-24)16-30-26(29)21-9-3-4-10-22(21)31-19-7-5-13-27-15-19/h1-15H,16H2. The quantitative estimate of drug-likeness (QED) is 0.211. The second-order valence-electron chi connectivity index (χ2n) is 7.11. The highest BCUT2D eigenvalue weighted by Gasteiger charge is 2.16. The highest BCUT2D eigenvalue weighted by molar-refractivity contribution is 6.07. The summed E-state index contributed by atoms with van der Waals surface area (Å²) in [4.78, 5) is 29.0. The summed E-state index contributed by atoms with van der Waals surface area (Å²) in [5.41, 5.74) is 0.794. The third kappa shape index (κ3) is 3.81. The summed E-state index contributed by atoms with van der Waals surface area (Å²) in [5.74, 6) is 0.297. The lowest BCUT2D eigenvalue weighted by atomic mass is 10.0. The number of aromatic nitrogens is 1. The molecule has 3 aromatic carbocycles. The fourth-order valence-electron chi connectivity index (χ4n) is 3.61. The molecular formula is C26H17NO5. The molecule has 5 aromatic rings. The molecule has 5 rings (SSSR count). The highest BCUT2D eigenvalue weighted by atomic mass is 16.5. The van der Waals surface area contributed by atoms with E-state index < -0.39 is 11.6 Å². The minimum atomic E-state index is -0.564. The second-order valence-corrected chi connectivity index (χ2v) is 7.11. The summed E-state index contributed by atoms with van der Waals surface area (Å²) in [5, 5.41) is 2.66. The van der Waals surface area contributed by atoms with Gasteiger partial charge in [0.15, 0.2) is 0 Å². The molecule has 0 saturated carbocycles. The summed E-state index contributed by atoms with van der Waals surface area (Å²) in [6.45, 7) is -0.0871. The molecule has 0 radical (unpaired) electrons. The van der Waals surface area contributed by atoms with Gasteiger partial charge >= 0.3 is 11.6 Å². The maximum Gasteiger partial charge on any atom is 0.342 e. The zero-order valence-corrected chi connectivity index (χ0v) is 16.9. The molecule has 6 heteroatoms. The van der Waals surface area contributed by atoms with Crippen molar-refractivity contribution in [3.63, 3.8) is 0 Å². The van der Waals surface area contributed by atoms with E-state index in [4.69, 9.17) is 13.9 Å². The van der Waals surface area contributed by atoms with Crippen LogP contribution in [-0.4, -0.2) is 11.0 Å². The second kappa shape index (κ2) is 8.35. The van der Waals surface area contributed by atoms with Crippen LogP contribution in [-0.2, 0) is 11.3 Å². The number of rotatable bonds is 5.